The van der Waals surface area contributed by atoms with Gasteiger partial charge in [-0.3, -0.25) is 4.79 Å². The van der Waals surface area contributed by atoms with Crippen LogP contribution in [-0.4, -0.2) is 62.2 Å². The molecule has 0 aromatic heterocycles. The van der Waals surface area contributed by atoms with Crippen LogP contribution in [0.25, 0.3) is 0 Å². The van der Waals surface area contributed by atoms with Crippen LogP contribution in [0.4, 0.5) is 0 Å². The highest BCUT2D eigenvalue weighted by Crippen LogP contribution is 2.27. The maximum Gasteiger partial charge on any atom is 0.277 e. The highest BCUT2D eigenvalue weighted by molar-refractivity contribution is 5.77. The molecule has 0 bridgehead atoms. The first-order valence-electron chi connectivity index (χ1n) is 12.2. The van der Waals surface area contributed by atoms with Gasteiger partial charge in [-0.05, 0) is 61.1 Å². The van der Waals surface area contributed by atoms with Crippen LogP contribution in [0.15, 0.2) is 18.2 Å². The van der Waals surface area contributed by atoms with Crippen molar-refractivity contribution in [3.05, 3.63) is 29.3 Å². The summed E-state index contributed by atoms with van der Waals surface area (Å²) in [5.74, 6) is 2.80. The minimum atomic E-state index is 0.288. The van der Waals surface area contributed by atoms with Gasteiger partial charge in [-0.2, -0.15) is 0 Å². The summed E-state index contributed by atoms with van der Waals surface area (Å²) in [5.41, 5.74) is 2.53. The molecule has 4 heteroatoms. The highest BCUT2D eigenvalue weighted by atomic mass is 16.5. The number of unbranched alkanes of at least 4 members (excludes halogenated alkanes) is 2. The molecule has 0 unspecified atom stereocenters. The van der Waals surface area contributed by atoms with E-state index in [9.17, 15) is 4.79 Å². The Balaban J connectivity index is 2.42. The number of hydrogen-bond donors (Lipinski definition) is 0. The van der Waals surface area contributed by atoms with E-state index in [4.69, 9.17) is 4.74 Å². The summed E-state index contributed by atoms with van der Waals surface area (Å²) in [7, 11) is 4.36. The molecule has 1 aromatic rings. The van der Waals surface area contributed by atoms with Gasteiger partial charge in [0, 0.05) is 13.1 Å². The third kappa shape index (κ3) is 11.0. The van der Waals surface area contributed by atoms with Crippen molar-refractivity contribution < 1.29 is 14.0 Å². The van der Waals surface area contributed by atoms with Gasteiger partial charge in [0.05, 0.1) is 27.2 Å². The van der Waals surface area contributed by atoms with Gasteiger partial charge in [-0.1, -0.05) is 53.7 Å². The summed E-state index contributed by atoms with van der Waals surface area (Å²) in [4.78, 5) is 15.0. The normalized spacial score (nSPS) is 12.1. The van der Waals surface area contributed by atoms with E-state index in [0.717, 1.165) is 55.7 Å². The molecule has 1 aromatic carbocycles. The van der Waals surface area contributed by atoms with Crippen LogP contribution in [-0.2, 0) is 4.79 Å². The van der Waals surface area contributed by atoms with Crippen molar-refractivity contribution in [1.82, 2.24) is 4.90 Å². The lowest BCUT2D eigenvalue weighted by Crippen LogP contribution is -2.50. The molecule has 0 heterocycles. The Morgan fingerprint density at radius 3 is 2.13 bits per heavy atom. The predicted octanol–water partition coefficient (Wildman–Crippen LogP) is 5.88. The largest absolute Gasteiger partial charge is 0.493 e. The molecule has 0 aliphatic carbocycles. The van der Waals surface area contributed by atoms with E-state index in [-0.39, 0.29) is 5.91 Å². The fraction of sp³-hybridized carbons (Fsp3) is 0.741. The van der Waals surface area contributed by atoms with Crippen LogP contribution in [0.1, 0.15) is 77.8 Å². The zero-order valence-electron chi connectivity index (χ0n) is 21.8. The minimum Gasteiger partial charge on any atom is -0.493 e. The number of benzene rings is 1. The average molecular weight is 434 g/mol. The van der Waals surface area contributed by atoms with Gasteiger partial charge in [0.2, 0.25) is 0 Å². The fourth-order valence-electron chi connectivity index (χ4n) is 3.95. The quantitative estimate of drug-likeness (QED) is 0.271. The van der Waals surface area contributed by atoms with Crippen LogP contribution in [0.3, 0.4) is 0 Å². The Morgan fingerprint density at radius 1 is 0.968 bits per heavy atom. The number of aryl methyl sites for hydroxylation is 1. The number of amides is 1. The Hall–Kier alpha value is -1.55. The number of carbonyl (C=O) groups is 1. The van der Waals surface area contributed by atoms with Gasteiger partial charge >= 0.3 is 0 Å². The van der Waals surface area contributed by atoms with Crippen LogP contribution in [0, 0.1) is 18.8 Å². The number of carbonyl (C=O) groups excluding carboxylic acids is 1. The Labute approximate surface area is 192 Å². The predicted molar refractivity (Wildman–Crippen MR) is 133 cm³/mol. The van der Waals surface area contributed by atoms with Gasteiger partial charge in [0.1, 0.15) is 5.75 Å². The number of nitrogens with zero attached hydrogens (tertiary/aromatic N) is 2. The lowest BCUT2D eigenvalue weighted by atomic mass is 10.0. The number of likely N-dealkylation sites (N-methyl/N-ethyl adjacent to an activating group) is 1. The molecule has 0 aliphatic heterocycles. The first-order chi connectivity index (χ1) is 14.4. The molecule has 31 heavy (non-hydrogen) atoms. The lowest BCUT2D eigenvalue weighted by molar-refractivity contribution is -0.883. The molecular formula is C27H49N2O2+. The van der Waals surface area contributed by atoms with Gasteiger partial charge in [-0.25, -0.2) is 0 Å². The second kappa shape index (κ2) is 13.1. The number of rotatable bonds is 14. The van der Waals surface area contributed by atoms with Crippen LogP contribution in [0.2, 0.25) is 0 Å². The van der Waals surface area contributed by atoms with Crippen molar-refractivity contribution in [3.63, 3.8) is 0 Å². The monoisotopic (exact) mass is 433 g/mol. The minimum absolute atomic E-state index is 0.288. The zero-order valence-corrected chi connectivity index (χ0v) is 21.8. The van der Waals surface area contributed by atoms with E-state index in [2.05, 4.69) is 85.7 Å². The Bertz CT molecular complexity index is 655. The SMILES string of the molecule is Cc1ccc(C(C)C)c(OCCCCC[N+](C)(C)CC(=O)N(CC(C)C)CC(C)C)c1. The molecule has 4 nitrogen and oxygen atoms in total. The number of ether oxygens (including phenoxy) is 1. The van der Waals surface area contributed by atoms with Gasteiger partial charge in [0.15, 0.2) is 6.54 Å². The lowest BCUT2D eigenvalue weighted by Gasteiger charge is -2.33. The van der Waals surface area contributed by atoms with Gasteiger partial charge < -0.3 is 14.1 Å². The second-order valence-electron chi connectivity index (χ2n) is 11.0. The standard InChI is InChI=1S/C27H49N2O2/c1-21(2)18-28(19-22(3)4)27(30)20-29(8,9)15-11-10-12-16-31-26-17-24(7)13-14-25(26)23(5)6/h13-14,17,21-23H,10-12,15-16,18-20H2,1-9H3/q+1. The zero-order chi connectivity index (χ0) is 23.6. The first kappa shape index (κ1) is 27.5. The molecule has 0 radical (unpaired) electrons. The Morgan fingerprint density at radius 2 is 1.58 bits per heavy atom. The van der Waals surface area contributed by atoms with Crippen molar-refractivity contribution in [3.8, 4) is 5.75 Å². The second-order valence-corrected chi connectivity index (χ2v) is 11.0. The molecule has 0 spiro atoms. The summed E-state index contributed by atoms with van der Waals surface area (Å²) < 4.78 is 6.87. The molecule has 0 aliphatic rings. The molecule has 1 amide bonds. The summed E-state index contributed by atoms with van der Waals surface area (Å²) in [6.07, 6.45) is 3.29. The van der Waals surface area contributed by atoms with E-state index >= 15 is 0 Å². The van der Waals surface area contributed by atoms with E-state index in [1.807, 2.05) is 0 Å². The van der Waals surface area contributed by atoms with Crippen LogP contribution >= 0.6 is 0 Å². The van der Waals surface area contributed by atoms with Crippen molar-refractivity contribution in [2.75, 3.05) is 46.9 Å². The van der Waals surface area contributed by atoms with Crippen molar-refractivity contribution in [2.24, 2.45) is 11.8 Å². The maximum absolute atomic E-state index is 12.9. The fourth-order valence-corrected chi connectivity index (χ4v) is 3.95. The summed E-state index contributed by atoms with van der Waals surface area (Å²) in [6.45, 7) is 19.3. The Kier molecular flexibility index (Phi) is 11.6. The third-order valence-corrected chi connectivity index (χ3v) is 5.54. The van der Waals surface area contributed by atoms with Crippen molar-refractivity contribution in [1.29, 1.82) is 0 Å². The van der Waals surface area contributed by atoms with Crippen molar-refractivity contribution in [2.45, 2.75) is 73.6 Å². The number of quaternary nitrogens is 1. The summed E-state index contributed by atoms with van der Waals surface area (Å²) >= 11 is 0. The summed E-state index contributed by atoms with van der Waals surface area (Å²) in [6, 6.07) is 6.50. The van der Waals surface area contributed by atoms with Crippen LogP contribution < -0.4 is 4.74 Å². The number of hydrogen-bond acceptors (Lipinski definition) is 2. The molecule has 0 fully saturated rings. The van der Waals surface area contributed by atoms with Gasteiger partial charge in [0.25, 0.3) is 5.91 Å². The molecule has 178 valence electrons. The molecule has 1 rings (SSSR count). The van der Waals surface area contributed by atoms with E-state index < -0.39 is 0 Å². The smallest absolute Gasteiger partial charge is 0.277 e. The first-order valence-corrected chi connectivity index (χ1v) is 12.2. The van der Waals surface area contributed by atoms with E-state index in [0.29, 0.717) is 24.3 Å². The molecule has 0 atom stereocenters. The van der Waals surface area contributed by atoms with Gasteiger partial charge in [-0.15, -0.1) is 0 Å². The molecular weight excluding hydrogens is 384 g/mol. The molecule has 0 N–H and O–H groups in total. The van der Waals surface area contributed by atoms with Crippen molar-refractivity contribution >= 4 is 5.91 Å². The maximum atomic E-state index is 12.9. The summed E-state index contributed by atoms with van der Waals surface area (Å²) in [5, 5.41) is 0. The molecule has 0 saturated carbocycles. The van der Waals surface area contributed by atoms with E-state index in [1.165, 1.54) is 11.1 Å². The molecule has 0 saturated heterocycles. The average Bonchev–Trinajstić information content (AvgIpc) is 2.62. The third-order valence-electron chi connectivity index (χ3n) is 5.54. The van der Waals surface area contributed by atoms with E-state index in [1.54, 1.807) is 0 Å². The van der Waals surface area contributed by atoms with Crippen LogP contribution in [0.5, 0.6) is 5.75 Å². The topological polar surface area (TPSA) is 29.5 Å². The highest BCUT2D eigenvalue weighted by Gasteiger charge is 2.25.